The summed E-state index contributed by atoms with van der Waals surface area (Å²) in [5.74, 6) is 1.12. The van der Waals surface area contributed by atoms with Gasteiger partial charge in [0.15, 0.2) is 11.5 Å². The molecule has 1 amide bonds. The highest BCUT2D eigenvalue weighted by Gasteiger charge is 2.21. The maximum atomic E-state index is 11.9. The molecule has 0 bridgehead atoms. The monoisotopic (exact) mass is 394 g/mol. The molecule has 1 aliphatic rings. The van der Waals surface area contributed by atoms with E-state index in [1.165, 1.54) is 7.11 Å². The molecule has 0 saturated heterocycles. The van der Waals surface area contributed by atoms with Crippen molar-refractivity contribution in [2.24, 2.45) is 5.73 Å². The van der Waals surface area contributed by atoms with Gasteiger partial charge in [0.1, 0.15) is 19.3 Å². The first-order valence-electron chi connectivity index (χ1n) is 6.67. The number of carbonyl (C=O) groups is 1. The van der Waals surface area contributed by atoms with Gasteiger partial charge >= 0.3 is 0 Å². The Morgan fingerprint density at radius 2 is 2.00 bits per heavy atom. The summed E-state index contributed by atoms with van der Waals surface area (Å²) in [6.07, 6.45) is 0. The number of carbonyl (C=O) groups excluding carboxylic acids is 1. The molecule has 1 heterocycles. The molecule has 0 saturated carbocycles. The van der Waals surface area contributed by atoms with Crippen molar-refractivity contribution in [3.05, 3.63) is 22.2 Å². The highest BCUT2D eigenvalue weighted by molar-refractivity contribution is 9.10. The highest BCUT2D eigenvalue weighted by Crippen LogP contribution is 2.37. The summed E-state index contributed by atoms with van der Waals surface area (Å²) in [7, 11) is 1.51. The summed E-state index contributed by atoms with van der Waals surface area (Å²) in [6, 6.07) is 2.81. The maximum absolute atomic E-state index is 11.9. The fourth-order valence-electron chi connectivity index (χ4n) is 2.06. The molecule has 0 aromatic heterocycles. The predicted octanol–water partition coefficient (Wildman–Crippen LogP) is 1.79. The Bertz CT molecular complexity index is 530. The average molecular weight is 396 g/mol. The lowest BCUT2D eigenvalue weighted by Gasteiger charge is -2.23. The number of hydrogen-bond acceptors (Lipinski definition) is 5. The first kappa shape index (κ1) is 19.0. The SMILES string of the molecule is COCC(N)C(=O)NC(C)c1cc2c(cc1Br)OCCO2.Cl. The van der Waals surface area contributed by atoms with E-state index in [0.29, 0.717) is 24.7 Å². The van der Waals surface area contributed by atoms with Crippen LogP contribution in [0.4, 0.5) is 0 Å². The second-order valence-corrected chi connectivity index (χ2v) is 5.66. The number of benzene rings is 1. The summed E-state index contributed by atoms with van der Waals surface area (Å²) in [4.78, 5) is 11.9. The van der Waals surface area contributed by atoms with Crippen molar-refractivity contribution in [2.75, 3.05) is 26.9 Å². The molecular weight excluding hydrogens is 376 g/mol. The lowest BCUT2D eigenvalue weighted by atomic mass is 10.1. The molecule has 1 aromatic carbocycles. The summed E-state index contributed by atoms with van der Waals surface area (Å²) in [5, 5.41) is 2.86. The normalized spacial score (nSPS) is 15.5. The second kappa shape index (κ2) is 8.57. The standard InChI is InChI=1S/C14H19BrN2O4.ClH/c1-8(17-14(18)11(16)7-19-2)9-5-12-13(6-10(9)15)21-4-3-20-12;/h5-6,8,11H,3-4,7,16H2,1-2H3,(H,17,18);1H. The topological polar surface area (TPSA) is 82.8 Å². The quantitative estimate of drug-likeness (QED) is 0.794. The van der Waals surface area contributed by atoms with E-state index in [4.69, 9.17) is 19.9 Å². The Morgan fingerprint density at radius 3 is 2.59 bits per heavy atom. The number of ether oxygens (including phenoxy) is 3. The van der Waals surface area contributed by atoms with Crippen molar-refractivity contribution in [1.29, 1.82) is 0 Å². The van der Waals surface area contributed by atoms with Crippen molar-refractivity contribution >= 4 is 34.2 Å². The maximum Gasteiger partial charge on any atom is 0.239 e. The van der Waals surface area contributed by atoms with Crippen molar-refractivity contribution in [3.8, 4) is 11.5 Å². The van der Waals surface area contributed by atoms with Crippen molar-refractivity contribution in [2.45, 2.75) is 19.0 Å². The first-order valence-corrected chi connectivity index (χ1v) is 7.46. The molecule has 8 heteroatoms. The average Bonchev–Trinajstić information content (AvgIpc) is 2.46. The van der Waals surface area contributed by atoms with Crippen LogP contribution >= 0.6 is 28.3 Å². The molecule has 2 rings (SSSR count). The van der Waals surface area contributed by atoms with Gasteiger partial charge in [-0.1, -0.05) is 15.9 Å². The molecule has 6 nitrogen and oxygen atoms in total. The van der Waals surface area contributed by atoms with Crippen molar-refractivity contribution < 1.29 is 19.0 Å². The Labute approximate surface area is 144 Å². The van der Waals surface area contributed by atoms with E-state index in [2.05, 4.69) is 21.2 Å². The van der Waals surface area contributed by atoms with Gasteiger partial charge in [-0.25, -0.2) is 0 Å². The Hall–Kier alpha value is -1.02. The van der Waals surface area contributed by atoms with E-state index in [-0.39, 0.29) is 31.0 Å². The number of nitrogens with two attached hydrogens (primary N) is 1. The van der Waals surface area contributed by atoms with Gasteiger partial charge in [0.25, 0.3) is 0 Å². The lowest BCUT2D eigenvalue weighted by Crippen LogP contribution is -2.44. The second-order valence-electron chi connectivity index (χ2n) is 4.81. The largest absolute Gasteiger partial charge is 0.486 e. The smallest absolute Gasteiger partial charge is 0.239 e. The molecule has 0 fully saturated rings. The number of rotatable bonds is 5. The summed E-state index contributed by atoms with van der Waals surface area (Å²) in [5.41, 5.74) is 6.61. The Kier molecular flexibility index (Phi) is 7.41. The van der Waals surface area contributed by atoms with Gasteiger partial charge in [0.2, 0.25) is 5.91 Å². The van der Waals surface area contributed by atoms with Crippen LogP contribution in [0, 0.1) is 0 Å². The number of fused-ring (bicyclic) bond motifs is 1. The molecular formula is C14H20BrClN2O4. The molecule has 22 heavy (non-hydrogen) atoms. The van der Waals surface area contributed by atoms with E-state index in [9.17, 15) is 4.79 Å². The number of amides is 1. The molecule has 2 unspecified atom stereocenters. The number of methoxy groups -OCH3 is 1. The van der Waals surface area contributed by atoms with Gasteiger partial charge in [-0.2, -0.15) is 0 Å². The van der Waals surface area contributed by atoms with Gasteiger partial charge in [-0.3, -0.25) is 4.79 Å². The minimum absolute atomic E-state index is 0. The molecule has 0 radical (unpaired) electrons. The third-order valence-electron chi connectivity index (χ3n) is 3.17. The molecule has 124 valence electrons. The third-order valence-corrected chi connectivity index (χ3v) is 3.86. The van der Waals surface area contributed by atoms with Gasteiger partial charge in [-0.05, 0) is 24.6 Å². The zero-order valence-electron chi connectivity index (χ0n) is 12.4. The predicted molar refractivity (Wildman–Crippen MR) is 88.8 cm³/mol. The number of halogens is 2. The summed E-state index contributed by atoms with van der Waals surface area (Å²) in [6.45, 7) is 3.12. The number of nitrogens with one attached hydrogen (secondary N) is 1. The van der Waals surface area contributed by atoms with Crippen molar-refractivity contribution in [1.82, 2.24) is 5.32 Å². The fourth-order valence-corrected chi connectivity index (χ4v) is 2.73. The van der Waals surface area contributed by atoms with Crippen LogP contribution < -0.4 is 20.5 Å². The molecule has 0 spiro atoms. The van der Waals surface area contributed by atoms with Crippen LogP contribution in [0.25, 0.3) is 0 Å². The van der Waals surface area contributed by atoms with Crippen LogP contribution in [0.15, 0.2) is 16.6 Å². The van der Waals surface area contributed by atoms with Crippen LogP contribution in [-0.4, -0.2) is 38.9 Å². The Morgan fingerprint density at radius 1 is 1.41 bits per heavy atom. The lowest BCUT2D eigenvalue weighted by molar-refractivity contribution is -0.124. The van der Waals surface area contributed by atoms with E-state index in [1.807, 2.05) is 19.1 Å². The van der Waals surface area contributed by atoms with E-state index in [0.717, 1.165) is 10.0 Å². The van der Waals surface area contributed by atoms with Crippen LogP contribution in [-0.2, 0) is 9.53 Å². The molecule has 1 aromatic rings. The van der Waals surface area contributed by atoms with E-state index >= 15 is 0 Å². The zero-order chi connectivity index (χ0) is 15.4. The Balaban J connectivity index is 0.00000242. The molecule has 0 aliphatic carbocycles. The summed E-state index contributed by atoms with van der Waals surface area (Å²) >= 11 is 3.49. The fraction of sp³-hybridized carbons (Fsp3) is 0.500. The molecule has 1 aliphatic heterocycles. The van der Waals surface area contributed by atoms with Crippen LogP contribution in [0.5, 0.6) is 11.5 Å². The van der Waals surface area contributed by atoms with Gasteiger partial charge in [0.05, 0.1) is 12.6 Å². The van der Waals surface area contributed by atoms with E-state index in [1.54, 1.807) is 0 Å². The van der Waals surface area contributed by atoms with Gasteiger partial charge in [0, 0.05) is 11.6 Å². The molecule has 2 atom stereocenters. The van der Waals surface area contributed by atoms with E-state index < -0.39 is 6.04 Å². The summed E-state index contributed by atoms with van der Waals surface area (Å²) < 4.78 is 16.8. The number of hydrogen-bond donors (Lipinski definition) is 2. The zero-order valence-corrected chi connectivity index (χ0v) is 14.8. The molecule has 3 N–H and O–H groups in total. The highest BCUT2D eigenvalue weighted by atomic mass is 79.9. The minimum atomic E-state index is -0.687. The van der Waals surface area contributed by atoms with Crippen LogP contribution in [0.2, 0.25) is 0 Å². The van der Waals surface area contributed by atoms with Gasteiger partial charge < -0.3 is 25.3 Å². The van der Waals surface area contributed by atoms with Crippen LogP contribution in [0.3, 0.4) is 0 Å². The minimum Gasteiger partial charge on any atom is -0.486 e. The van der Waals surface area contributed by atoms with Crippen LogP contribution in [0.1, 0.15) is 18.5 Å². The van der Waals surface area contributed by atoms with Crippen molar-refractivity contribution in [3.63, 3.8) is 0 Å². The van der Waals surface area contributed by atoms with Gasteiger partial charge in [-0.15, -0.1) is 12.4 Å². The third kappa shape index (κ3) is 4.49. The first-order chi connectivity index (χ1) is 10.0.